The Bertz CT molecular complexity index is 2210. The van der Waals surface area contributed by atoms with Gasteiger partial charge in [0.1, 0.15) is 6.33 Å². The molecule has 1 unspecified atom stereocenters. The molecule has 5 aromatic rings. The number of hydrogen-bond acceptors (Lipinski definition) is 9. The summed E-state index contributed by atoms with van der Waals surface area (Å²) in [5, 5.41) is 13.6. The zero-order chi connectivity index (χ0) is 37.1. The number of aromatic nitrogens is 5. The van der Waals surface area contributed by atoms with Gasteiger partial charge >= 0.3 is 0 Å². The van der Waals surface area contributed by atoms with Crippen molar-refractivity contribution in [3.8, 4) is 23.1 Å². The fourth-order valence-corrected chi connectivity index (χ4v) is 7.02. The molecule has 0 radical (unpaired) electrons. The van der Waals surface area contributed by atoms with Crippen LogP contribution in [0.25, 0.3) is 16.8 Å². The molecule has 3 amide bonds. The number of nitrogens with zero attached hydrogens (tertiary/aromatic N) is 6. The van der Waals surface area contributed by atoms with Crippen LogP contribution in [0.15, 0.2) is 65.6 Å². The van der Waals surface area contributed by atoms with Gasteiger partial charge in [0.25, 0.3) is 11.7 Å². The lowest BCUT2D eigenvalue weighted by Crippen LogP contribution is -2.39. The molecule has 2 fully saturated rings. The van der Waals surface area contributed by atoms with Crippen molar-refractivity contribution >= 4 is 23.2 Å². The summed E-state index contributed by atoms with van der Waals surface area (Å²) >= 11 is 0. The first kappa shape index (κ1) is 35.7. The van der Waals surface area contributed by atoms with Gasteiger partial charge in [-0.1, -0.05) is 74.2 Å². The maximum atomic E-state index is 12.7. The fraction of sp³-hybridized carbons (Fsp3) is 0.390. The number of carbonyl (C=O) groups is 3. The zero-order valence-corrected chi connectivity index (χ0v) is 30.6. The molecule has 2 saturated heterocycles. The molecule has 5 heterocycles. The number of imide groups is 1. The molecule has 0 saturated carbocycles. The molecule has 2 aromatic carbocycles. The Morgan fingerprint density at radius 1 is 1.04 bits per heavy atom. The molecule has 2 aliphatic rings. The average molecular weight is 713 g/mol. The first-order chi connectivity index (χ1) is 25.5. The summed E-state index contributed by atoms with van der Waals surface area (Å²) in [4.78, 5) is 47.7. The van der Waals surface area contributed by atoms with Crippen LogP contribution in [0, 0.1) is 18.8 Å². The van der Waals surface area contributed by atoms with Crippen LogP contribution in [0.2, 0.25) is 0 Å². The highest BCUT2D eigenvalue weighted by Crippen LogP contribution is 2.31. The molecule has 2 aliphatic heterocycles. The van der Waals surface area contributed by atoms with E-state index in [0.717, 1.165) is 77.9 Å². The number of piperidine rings is 2. The van der Waals surface area contributed by atoms with Crippen molar-refractivity contribution in [2.24, 2.45) is 0 Å². The number of aryl methyl sites for hydroxylation is 1. The van der Waals surface area contributed by atoms with E-state index in [4.69, 9.17) is 4.52 Å². The number of fused-ring (bicyclic) bond motifs is 1. The maximum Gasteiger partial charge on any atom is 0.292 e. The highest BCUT2D eigenvalue weighted by atomic mass is 16.5. The van der Waals surface area contributed by atoms with Crippen molar-refractivity contribution in [3.63, 3.8) is 0 Å². The van der Waals surface area contributed by atoms with E-state index in [1.54, 1.807) is 6.33 Å². The van der Waals surface area contributed by atoms with Crippen molar-refractivity contribution in [2.45, 2.75) is 83.6 Å². The van der Waals surface area contributed by atoms with E-state index in [1.165, 1.54) is 5.56 Å². The van der Waals surface area contributed by atoms with Gasteiger partial charge in [0.2, 0.25) is 17.7 Å². The molecular formula is C41H44N8O4. The van der Waals surface area contributed by atoms with E-state index in [0.29, 0.717) is 31.2 Å². The lowest BCUT2D eigenvalue weighted by Gasteiger charge is -2.32. The van der Waals surface area contributed by atoms with Crippen LogP contribution in [0.3, 0.4) is 0 Å². The van der Waals surface area contributed by atoms with Crippen LogP contribution in [0.4, 0.5) is 0 Å². The minimum Gasteiger partial charge on any atom is -0.345 e. The highest BCUT2D eigenvalue weighted by molar-refractivity contribution is 6.00. The minimum atomic E-state index is -0.385. The quantitative estimate of drug-likeness (QED) is 0.158. The molecular weight excluding hydrogens is 669 g/mol. The normalized spacial score (nSPS) is 17.0. The third-order valence-corrected chi connectivity index (χ3v) is 10.2. The van der Waals surface area contributed by atoms with Crippen molar-refractivity contribution in [3.05, 3.63) is 101 Å². The number of likely N-dealkylation sites (tertiary alicyclic amines) is 1. The van der Waals surface area contributed by atoms with Gasteiger partial charge in [0, 0.05) is 48.7 Å². The Balaban J connectivity index is 0.910. The molecule has 1 atom stereocenters. The van der Waals surface area contributed by atoms with Gasteiger partial charge in [-0.3, -0.25) is 19.7 Å². The van der Waals surface area contributed by atoms with Crippen LogP contribution >= 0.6 is 0 Å². The van der Waals surface area contributed by atoms with Crippen LogP contribution < -0.4 is 10.6 Å². The number of benzene rings is 2. The molecule has 272 valence electrons. The number of carbonyl (C=O) groups excluding carboxylic acids is 3. The Hall–Kier alpha value is -5.67. The predicted octanol–water partition coefficient (Wildman–Crippen LogP) is 5.46. The molecule has 3 aromatic heterocycles. The third-order valence-electron chi connectivity index (χ3n) is 10.2. The minimum absolute atomic E-state index is 0.0221. The first-order valence-electron chi connectivity index (χ1n) is 18.2. The third kappa shape index (κ3) is 8.21. The van der Waals surface area contributed by atoms with Crippen LogP contribution in [-0.4, -0.2) is 67.0 Å². The fourth-order valence-electron chi connectivity index (χ4n) is 7.02. The van der Waals surface area contributed by atoms with Crippen LogP contribution in [0.1, 0.15) is 109 Å². The second-order valence-corrected chi connectivity index (χ2v) is 15.0. The van der Waals surface area contributed by atoms with Crippen LogP contribution in [-0.2, 0) is 21.5 Å². The first-order valence-corrected chi connectivity index (χ1v) is 18.2. The van der Waals surface area contributed by atoms with Crippen molar-refractivity contribution < 1.29 is 18.9 Å². The Labute approximate surface area is 308 Å². The Morgan fingerprint density at radius 3 is 2.53 bits per heavy atom. The van der Waals surface area contributed by atoms with Crippen LogP contribution in [0.5, 0.6) is 0 Å². The molecule has 53 heavy (non-hydrogen) atoms. The lowest BCUT2D eigenvalue weighted by molar-refractivity contribution is -0.134. The van der Waals surface area contributed by atoms with Gasteiger partial charge < -0.3 is 14.7 Å². The zero-order valence-electron chi connectivity index (χ0n) is 30.6. The molecule has 2 N–H and O–H groups in total. The number of hydrogen-bond donors (Lipinski definition) is 2. The summed E-state index contributed by atoms with van der Waals surface area (Å²) in [7, 11) is 0. The summed E-state index contributed by atoms with van der Waals surface area (Å²) in [6.45, 7) is 11.2. The molecule has 12 heteroatoms. The van der Waals surface area contributed by atoms with Crippen molar-refractivity contribution in [2.75, 3.05) is 19.6 Å². The standard InChI is InChI=1S/C41H44N8O4/c1-26-21-31(12-13-32(26)23-42-39(52)37-46-40(53-47-37)41(2,3)4)36-34-22-27(24-49(34)44-25-43-36)7-5-6-18-48-19-16-29(17-20-48)28-8-10-30(11-9-28)33-14-15-35(50)45-38(33)51/h8-13,21-22,24-25,29,33H,6,14-20,23H2,1-4H3,(H,42,52)(H,45,50,51). The highest BCUT2D eigenvalue weighted by Gasteiger charge is 2.28. The number of rotatable bonds is 8. The SMILES string of the molecule is Cc1cc(-c2ncnn3cc(C#CCCN4CCC(c5ccc(C6CCC(=O)NC6=O)cc5)CC4)cc23)ccc1CNC(=O)c1noc(C(C)(C)C)n1. The molecule has 0 bridgehead atoms. The van der Waals surface area contributed by atoms with Crippen molar-refractivity contribution in [1.82, 2.24) is 40.3 Å². The Morgan fingerprint density at radius 2 is 1.81 bits per heavy atom. The monoisotopic (exact) mass is 712 g/mol. The maximum absolute atomic E-state index is 12.7. The molecule has 12 nitrogen and oxygen atoms in total. The van der Waals surface area contributed by atoms with E-state index >= 15 is 0 Å². The second-order valence-electron chi connectivity index (χ2n) is 15.0. The summed E-state index contributed by atoms with van der Waals surface area (Å²) < 4.78 is 7.07. The number of nitrogens with one attached hydrogen (secondary N) is 2. The molecule has 7 rings (SSSR count). The van der Waals surface area contributed by atoms with Gasteiger partial charge in [0.15, 0.2) is 0 Å². The second kappa shape index (κ2) is 15.1. The van der Waals surface area contributed by atoms with Crippen molar-refractivity contribution in [1.29, 1.82) is 0 Å². The smallest absolute Gasteiger partial charge is 0.292 e. The number of amides is 3. The molecule has 0 spiro atoms. The van der Waals surface area contributed by atoms with Gasteiger partial charge in [-0.25, -0.2) is 9.50 Å². The largest absolute Gasteiger partial charge is 0.345 e. The van der Waals surface area contributed by atoms with Gasteiger partial charge in [-0.2, -0.15) is 10.1 Å². The lowest BCUT2D eigenvalue weighted by atomic mass is 9.86. The van der Waals surface area contributed by atoms with E-state index in [9.17, 15) is 14.4 Å². The van der Waals surface area contributed by atoms with E-state index in [2.05, 4.69) is 77.9 Å². The summed E-state index contributed by atoms with van der Waals surface area (Å²) in [5.41, 5.74) is 7.46. The summed E-state index contributed by atoms with van der Waals surface area (Å²) in [6.07, 6.45) is 7.41. The Kier molecular flexibility index (Phi) is 10.2. The van der Waals surface area contributed by atoms with E-state index in [1.807, 2.05) is 56.6 Å². The summed E-state index contributed by atoms with van der Waals surface area (Å²) in [5.74, 6) is 6.63. The molecule has 0 aliphatic carbocycles. The van der Waals surface area contributed by atoms with Gasteiger partial charge in [0.05, 0.1) is 17.1 Å². The van der Waals surface area contributed by atoms with Gasteiger partial charge in [-0.05, 0) is 79.6 Å². The van der Waals surface area contributed by atoms with E-state index < -0.39 is 0 Å². The summed E-state index contributed by atoms with van der Waals surface area (Å²) in [6, 6.07) is 16.5. The topological polar surface area (TPSA) is 148 Å². The van der Waals surface area contributed by atoms with E-state index in [-0.39, 0.29) is 34.9 Å². The van der Waals surface area contributed by atoms with Gasteiger partial charge in [-0.15, -0.1) is 0 Å². The average Bonchev–Trinajstić information content (AvgIpc) is 3.82. The predicted molar refractivity (Wildman–Crippen MR) is 199 cm³/mol.